The molecule has 1 heterocycles. The lowest BCUT2D eigenvalue weighted by Gasteiger charge is -2.07. The summed E-state index contributed by atoms with van der Waals surface area (Å²) in [5.74, 6) is -0.853. The maximum atomic E-state index is 13.8. The molecule has 0 amide bonds. The van der Waals surface area contributed by atoms with Gasteiger partial charge in [-0.15, -0.1) is 0 Å². The van der Waals surface area contributed by atoms with Gasteiger partial charge in [0, 0.05) is 18.2 Å². The number of aromatic nitrogens is 1. The van der Waals surface area contributed by atoms with Crippen molar-refractivity contribution in [3.05, 3.63) is 71.4 Å². The van der Waals surface area contributed by atoms with Gasteiger partial charge in [-0.05, 0) is 35.9 Å². The Morgan fingerprint density at radius 1 is 1.07 bits per heavy atom. The van der Waals surface area contributed by atoms with Gasteiger partial charge in [0.2, 0.25) is 0 Å². The topological polar surface area (TPSA) is 70.8 Å². The molecule has 150 valence electrons. The van der Waals surface area contributed by atoms with Gasteiger partial charge < -0.3 is 18.7 Å². The van der Waals surface area contributed by atoms with Gasteiger partial charge in [0.05, 0.1) is 19.8 Å². The molecule has 29 heavy (non-hydrogen) atoms. The van der Waals surface area contributed by atoms with E-state index in [0.29, 0.717) is 11.5 Å². The molecule has 0 unspecified atom stereocenters. The molecular weight excluding hydrogens is 384 g/mol. The lowest BCUT2D eigenvalue weighted by molar-refractivity contribution is -0.139. The summed E-state index contributed by atoms with van der Waals surface area (Å²) in [5, 5.41) is 3.72. The van der Waals surface area contributed by atoms with Crippen LogP contribution in [0.25, 0.3) is 17.4 Å². The van der Waals surface area contributed by atoms with Crippen molar-refractivity contribution in [3.63, 3.8) is 0 Å². The zero-order valence-electron chi connectivity index (χ0n) is 15.6. The monoisotopic (exact) mass is 401 g/mol. The number of ether oxygens (including phenoxy) is 3. The molecule has 2 aromatic carbocycles. The molecule has 0 fully saturated rings. The number of hydrogen-bond acceptors (Lipinski definition) is 6. The van der Waals surface area contributed by atoms with E-state index in [4.69, 9.17) is 18.7 Å². The van der Waals surface area contributed by atoms with Gasteiger partial charge in [-0.25, -0.2) is 13.6 Å². The Hall–Kier alpha value is -3.68. The van der Waals surface area contributed by atoms with Crippen molar-refractivity contribution in [2.75, 3.05) is 14.2 Å². The number of esters is 1. The molecule has 8 heteroatoms. The second-order valence-corrected chi connectivity index (χ2v) is 5.86. The van der Waals surface area contributed by atoms with Gasteiger partial charge in [0.1, 0.15) is 23.9 Å². The van der Waals surface area contributed by atoms with Crippen LogP contribution in [0.2, 0.25) is 0 Å². The van der Waals surface area contributed by atoms with Crippen LogP contribution in [-0.2, 0) is 16.1 Å². The second-order valence-electron chi connectivity index (χ2n) is 5.86. The maximum absolute atomic E-state index is 13.8. The maximum Gasteiger partial charge on any atom is 0.331 e. The van der Waals surface area contributed by atoms with E-state index in [1.54, 1.807) is 24.3 Å². The van der Waals surface area contributed by atoms with E-state index >= 15 is 0 Å². The van der Waals surface area contributed by atoms with Crippen molar-refractivity contribution in [2.45, 2.75) is 6.61 Å². The van der Waals surface area contributed by atoms with Crippen LogP contribution in [0.15, 0.2) is 53.1 Å². The average molecular weight is 401 g/mol. The van der Waals surface area contributed by atoms with Crippen LogP contribution in [-0.4, -0.2) is 25.3 Å². The van der Waals surface area contributed by atoms with Gasteiger partial charge in [-0.1, -0.05) is 11.2 Å². The fraction of sp³-hybridized carbons (Fsp3) is 0.143. The summed E-state index contributed by atoms with van der Waals surface area (Å²) in [4.78, 5) is 11.9. The number of carbonyl (C=O) groups is 1. The molecule has 0 saturated carbocycles. The molecule has 3 rings (SSSR count). The molecule has 6 nitrogen and oxygen atoms in total. The van der Waals surface area contributed by atoms with E-state index in [0.717, 1.165) is 17.7 Å². The summed E-state index contributed by atoms with van der Waals surface area (Å²) in [6, 6.07) is 9.70. The summed E-state index contributed by atoms with van der Waals surface area (Å²) in [6.07, 6.45) is 2.81. The minimum Gasteiger partial charge on any atom is -0.493 e. The standard InChI is InChI=1S/C21H17F2NO5/c1-26-18-7-3-13(9-20(18)27-2)4-8-21(25)28-12-15-11-19(29-24-15)16-6-5-14(22)10-17(16)23/h3-11H,12H2,1-2H3/b8-4-. The third-order valence-corrected chi connectivity index (χ3v) is 3.94. The highest BCUT2D eigenvalue weighted by atomic mass is 19.1. The quantitative estimate of drug-likeness (QED) is 0.432. The Morgan fingerprint density at radius 3 is 2.59 bits per heavy atom. The van der Waals surface area contributed by atoms with Gasteiger partial charge >= 0.3 is 5.97 Å². The highest BCUT2D eigenvalue weighted by Gasteiger charge is 2.13. The van der Waals surface area contributed by atoms with Gasteiger partial charge in [-0.2, -0.15) is 0 Å². The van der Waals surface area contributed by atoms with E-state index in [-0.39, 0.29) is 23.6 Å². The number of hydrogen-bond donors (Lipinski definition) is 0. The third kappa shape index (κ3) is 4.98. The molecule has 0 saturated heterocycles. The molecule has 1 aromatic heterocycles. The van der Waals surface area contributed by atoms with Crippen molar-refractivity contribution >= 4 is 12.0 Å². The molecule has 0 aliphatic rings. The first-order valence-corrected chi connectivity index (χ1v) is 8.48. The zero-order valence-corrected chi connectivity index (χ0v) is 15.6. The van der Waals surface area contributed by atoms with Crippen LogP contribution in [0, 0.1) is 11.6 Å². The van der Waals surface area contributed by atoms with Crippen molar-refractivity contribution in [1.82, 2.24) is 5.16 Å². The van der Waals surface area contributed by atoms with Crippen LogP contribution < -0.4 is 9.47 Å². The number of halogens is 2. The van der Waals surface area contributed by atoms with Gasteiger partial charge in [-0.3, -0.25) is 0 Å². The van der Waals surface area contributed by atoms with Crippen molar-refractivity contribution in [2.24, 2.45) is 0 Å². The summed E-state index contributed by atoms with van der Waals surface area (Å²) < 4.78 is 47.3. The second kappa shape index (κ2) is 9.01. The van der Waals surface area contributed by atoms with Crippen molar-refractivity contribution < 1.29 is 32.3 Å². The Labute approximate surface area is 165 Å². The van der Waals surface area contributed by atoms with E-state index in [2.05, 4.69) is 5.16 Å². The molecule has 0 N–H and O–H groups in total. The fourth-order valence-corrected chi connectivity index (χ4v) is 2.51. The lowest BCUT2D eigenvalue weighted by Crippen LogP contribution is -2.00. The first kappa shape index (κ1) is 20.1. The molecule has 0 bridgehead atoms. The Morgan fingerprint density at radius 2 is 1.86 bits per heavy atom. The lowest BCUT2D eigenvalue weighted by atomic mass is 10.1. The highest BCUT2D eigenvalue weighted by Crippen LogP contribution is 2.28. The molecule has 0 atom stereocenters. The summed E-state index contributed by atoms with van der Waals surface area (Å²) >= 11 is 0. The molecular formula is C21H17F2NO5. The van der Waals surface area contributed by atoms with E-state index in [1.807, 2.05) is 0 Å². The Kier molecular flexibility index (Phi) is 6.23. The Balaban J connectivity index is 1.60. The number of methoxy groups -OCH3 is 2. The normalized spacial score (nSPS) is 10.9. The first-order valence-electron chi connectivity index (χ1n) is 8.48. The van der Waals surface area contributed by atoms with Gasteiger partial charge in [0.25, 0.3) is 0 Å². The number of carbonyl (C=O) groups excluding carboxylic acids is 1. The minimum atomic E-state index is -0.775. The third-order valence-electron chi connectivity index (χ3n) is 3.94. The molecule has 0 aliphatic heterocycles. The molecule has 0 aliphatic carbocycles. The first-order chi connectivity index (χ1) is 14.0. The number of nitrogens with zero attached hydrogens (tertiary/aromatic N) is 1. The predicted molar refractivity (Wildman–Crippen MR) is 100 cm³/mol. The van der Waals surface area contributed by atoms with Crippen molar-refractivity contribution in [3.8, 4) is 22.8 Å². The van der Waals surface area contributed by atoms with Crippen LogP contribution in [0.4, 0.5) is 8.78 Å². The predicted octanol–water partition coefficient (Wildman–Crippen LogP) is 4.39. The molecule has 0 radical (unpaired) electrons. The van der Waals surface area contributed by atoms with Crippen LogP contribution >= 0.6 is 0 Å². The van der Waals surface area contributed by atoms with Crippen molar-refractivity contribution in [1.29, 1.82) is 0 Å². The summed E-state index contributed by atoms with van der Waals surface area (Å²) in [5.41, 5.74) is 1.07. The van der Waals surface area contributed by atoms with E-state index in [9.17, 15) is 13.6 Å². The Bertz CT molecular complexity index is 1050. The van der Waals surface area contributed by atoms with E-state index in [1.165, 1.54) is 32.4 Å². The summed E-state index contributed by atoms with van der Waals surface area (Å²) in [7, 11) is 3.05. The smallest absolute Gasteiger partial charge is 0.331 e. The minimum absolute atomic E-state index is 0.0600. The summed E-state index contributed by atoms with van der Waals surface area (Å²) in [6.45, 7) is -0.165. The average Bonchev–Trinajstić information content (AvgIpc) is 3.19. The number of rotatable bonds is 7. The number of benzene rings is 2. The van der Waals surface area contributed by atoms with Crippen LogP contribution in [0.1, 0.15) is 11.3 Å². The molecule has 0 spiro atoms. The highest BCUT2D eigenvalue weighted by molar-refractivity contribution is 5.87. The van der Waals surface area contributed by atoms with Gasteiger partial charge in [0.15, 0.2) is 17.3 Å². The van der Waals surface area contributed by atoms with E-state index < -0.39 is 17.6 Å². The fourth-order valence-electron chi connectivity index (χ4n) is 2.51. The largest absolute Gasteiger partial charge is 0.493 e. The SMILES string of the molecule is COc1ccc(/C=C\C(=O)OCc2cc(-c3ccc(F)cc3F)on2)cc1OC. The molecule has 3 aromatic rings. The zero-order chi connectivity index (χ0) is 20.8. The van der Waals surface area contributed by atoms with Crippen LogP contribution in [0.5, 0.6) is 11.5 Å². The van der Waals surface area contributed by atoms with Crippen LogP contribution in [0.3, 0.4) is 0 Å².